The fourth-order valence-electron chi connectivity index (χ4n) is 2.19. The Hall–Kier alpha value is -2.31. The average Bonchev–Trinajstić information content (AvgIpc) is 2.71. The fraction of sp³-hybridized carbons (Fsp3) is 0.438. The first kappa shape index (κ1) is 17.1. The molecule has 23 heavy (non-hydrogen) atoms. The summed E-state index contributed by atoms with van der Waals surface area (Å²) in [6.45, 7) is 3.58. The molecular formula is C16H16F2O5. The SMILES string of the molecule is CC1(C)COC(=O)[C@@H]1OC(=O)CCC(=O)c1ccc(F)cc1F. The quantitative estimate of drug-likeness (QED) is 0.614. The second-order valence-electron chi connectivity index (χ2n) is 6.01. The number of hydrogen-bond donors (Lipinski definition) is 0. The van der Waals surface area contributed by atoms with Gasteiger partial charge in [-0.1, -0.05) is 13.8 Å². The molecule has 0 unspecified atom stereocenters. The molecule has 7 heteroatoms. The van der Waals surface area contributed by atoms with Crippen LogP contribution in [0, 0.1) is 17.0 Å². The molecule has 1 fully saturated rings. The summed E-state index contributed by atoms with van der Waals surface area (Å²) in [7, 11) is 0. The van der Waals surface area contributed by atoms with E-state index in [2.05, 4.69) is 0 Å². The molecule has 0 spiro atoms. The lowest BCUT2D eigenvalue weighted by Gasteiger charge is -2.21. The van der Waals surface area contributed by atoms with E-state index in [1.165, 1.54) is 0 Å². The van der Waals surface area contributed by atoms with Gasteiger partial charge in [0.2, 0.25) is 6.10 Å². The second-order valence-corrected chi connectivity index (χ2v) is 6.01. The molecule has 0 N–H and O–H groups in total. The van der Waals surface area contributed by atoms with Crippen molar-refractivity contribution in [1.29, 1.82) is 0 Å². The minimum atomic E-state index is -1.02. The highest BCUT2D eigenvalue weighted by atomic mass is 19.1. The van der Waals surface area contributed by atoms with E-state index >= 15 is 0 Å². The maximum atomic E-state index is 13.5. The first-order valence-electron chi connectivity index (χ1n) is 7.05. The zero-order valence-electron chi connectivity index (χ0n) is 12.7. The Morgan fingerprint density at radius 3 is 2.57 bits per heavy atom. The van der Waals surface area contributed by atoms with Gasteiger partial charge in [-0.25, -0.2) is 13.6 Å². The number of ether oxygens (including phenoxy) is 2. The molecule has 1 heterocycles. The predicted octanol–water partition coefficient (Wildman–Crippen LogP) is 2.42. The molecule has 0 aliphatic carbocycles. The molecule has 0 amide bonds. The number of hydrogen-bond acceptors (Lipinski definition) is 5. The summed E-state index contributed by atoms with van der Waals surface area (Å²) in [4.78, 5) is 35.1. The largest absolute Gasteiger partial charge is 0.462 e. The van der Waals surface area contributed by atoms with Crippen LogP contribution in [-0.2, 0) is 19.1 Å². The van der Waals surface area contributed by atoms with Gasteiger partial charge in [-0.15, -0.1) is 0 Å². The molecule has 1 aromatic carbocycles. The van der Waals surface area contributed by atoms with Crippen LogP contribution in [0.25, 0.3) is 0 Å². The monoisotopic (exact) mass is 326 g/mol. The van der Waals surface area contributed by atoms with E-state index in [0.29, 0.717) is 6.07 Å². The van der Waals surface area contributed by atoms with Crippen LogP contribution in [0.3, 0.4) is 0 Å². The number of rotatable bonds is 5. The summed E-state index contributed by atoms with van der Waals surface area (Å²) in [6.07, 6.45) is -1.63. The van der Waals surface area contributed by atoms with Gasteiger partial charge >= 0.3 is 11.9 Å². The van der Waals surface area contributed by atoms with Crippen molar-refractivity contribution >= 4 is 17.7 Å². The summed E-state index contributed by atoms with van der Waals surface area (Å²) in [6, 6.07) is 2.59. The molecule has 1 atom stereocenters. The topological polar surface area (TPSA) is 69.7 Å². The summed E-state index contributed by atoms with van der Waals surface area (Å²) in [5.41, 5.74) is -0.931. The number of cyclic esters (lactones) is 1. The zero-order chi connectivity index (χ0) is 17.2. The molecule has 1 aliphatic heterocycles. The van der Waals surface area contributed by atoms with E-state index in [1.54, 1.807) is 13.8 Å². The minimum absolute atomic E-state index is 0.142. The van der Waals surface area contributed by atoms with Crippen LogP contribution in [-0.4, -0.2) is 30.4 Å². The number of benzene rings is 1. The van der Waals surface area contributed by atoms with Gasteiger partial charge in [0, 0.05) is 17.9 Å². The van der Waals surface area contributed by atoms with E-state index in [4.69, 9.17) is 9.47 Å². The van der Waals surface area contributed by atoms with E-state index in [9.17, 15) is 23.2 Å². The molecule has 1 aliphatic rings. The van der Waals surface area contributed by atoms with Crippen molar-refractivity contribution in [1.82, 2.24) is 0 Å². The molecule has 0 saturated carbocycles. The standard InChI is InChI=1S/C16H16F2O5/c1-16(2)8-22-15(21)14(16)23-13(20)6-5-12(19)10-4-3-9(17)7-11(10)18/h3-4,7,14H,5-6,8H2,1-2H3/t14-/m0/s1. The summed E-state index contributed by atoms with van der Waals surface area (Å²) < 4.78 is 36.2. The van der Waals surface area contributed by atoms with Crippen molar-refractivity contribution < 1.29 is 32.6 Å². The lowest BCUT2D eigenvalue weighted by molar-refractivity contribution is -0.163. The van der Waals surface area contributed by atoms with Crippen molar-refractivity contribution in [2.75, 3.05) is 6.61 Å². The first-order chi connectivity index (χ1) is 10.7. The first-order valence-corrected chi connectivity index (χ1v) is 7.05. The molecule has 124 valence electrons. The minimum Gasteiger partial charge on any atom is -0.462 e. The predicted molar refractivity (Wildman–Crippen MR) is 74.5 cm³/mol. The van der Waals surface area contributed by atoms with Crippen LogP contribution in [0.1, 0.15) is 37.0 Å². The molecule has 1 aromatic rings. The van der Waals surface area contributed by atoms with Crippen molar-refractivity contribution in [2.24, 2.45) is 5.41 Å². The molecule has 2 rings (SSSR count). The van der Waals surface area contributed by atoms with Crippen LogP contribution < -0.4 is 0 Å². The third-order valence-corrected chi connectivity index (χ3v) is 3.55. The highest BCUT2D eigenvalue weighted by molar-refractivity contribution is 5.97. The van der Waals surface area contributed by atoms with Gasteiger partial charge in [0.1, 0.15) is 18.2 Å². The fourth-order valence-corrected chi connectivity index (χ4v) is 2.19. The number of halogens is 2. The van der Waals surface area contributed by atoms with Crippen LogP contribution in [0.2, 0.25) is 0 Å². The highest BCUT2D eigenvalue weighted by Gasteiger charge is 2.46. The summed E-state index contributed by atoms with van der Waals surface area (Å²) in [5.74, 6) is -3.80. The molecular weight excluding hydrogens is 310 g/mol. The van der Waals surface area contributed by atoms with Crippen molar-refractivity contribution in [3.8, 4) is 0 Å². The Kier molecular flexibility index (Phi) is 4.77. The number of Topliss-reactive ketones (excluding diaryl/α,β-unsaturated/α-hetero) is 1. The Labute approximate surface area is 131 Å². The normalized spacial score (nSPS) is 19.3. The van der Waals surface area contributed by atoms with Gasteiger partial charge in [0.25, 0.3) is 0 Å². The smallest absolute Gasteiger partial charge is 0.348 e. The maximum Gasteiger partial charge on any atom is 0.348 e. The number of ketones is 1. The van der Waals surface area contributed by atoms with E-state index < -0.39 is 40.9 Å². The molecule has 0 aromatic heterocycles. The van der Waals surface area contributed by atoms with E-state index in [-0.39, 0.29) is 25.0 Å². The van der Waals surface area contributed by atoms with E-state index in [0.717, 1.165) is 12.1 Å². The average molecular weight is 326 g/mol. The van der Waals surface area contributed by atoms with Crippen molar-refractivity contribution in [3.63, 3.8) is 0 Å². The van der Waals surface area contributed by atoms with Crippen LogP contribution >= 0.6 is 0 Å². The van der Waals surface area contributed by atoms with Gasteiger partial charge in [-0.2, -0.15) is 0 Å². The van der Waals surface area contributed by atoms with E-state index in [1.807, 2.05) is 0 Å². The summed E-state index contributed by atoms with van der Waals surface area (Å²) >= 11 is 0. The summed E-state index contributed by atoms with van der Waals surface area (Å²) in [5, 5.41) is 0. The van der Waals surface area contributed by atoms with Gasteiger partial charge < -0.3 is 9.47 Å². The Morgan fingerprint density at radius 1 is 1.30 bits per heavy atom. The number of carbonyl (C=O) groups is 3. The van der Waals surface area contributed by atoms with Crippen LogP contribution in [0.5, 0.6) is 0 Å². The third-order valence-electron chi connectivity index (χ3n) is 3.55. The third kappa shape index (κ3) is 3.91. The van der Waals surface area contributed by atoms with Gasteiger partial charge in [-0.3, -0.25) is 9.59 Å². The Morgan fingerprint density at radius 2 is 2.00 bits per heavy atom. The number of esters is 2. The Bertz CT molecular complexity index is 654. The van der Waals surface area contributed by atoms with Crippen LogP contribution in [0.15, 0.2) is 18.2 Å². The van der Waals surface area contributed by atoms with Crippen LogP contribution in [0.4, 0.5) is 8.78 Å². The molecule has 5 nitrogen and oxygen atoms in total. The molecule has 0 bridgehead atoms. The van der Waals surface area contributed by atoms with Crippen molar-refractivity contribution in [3.05, 3.63) is 35.4 Å². The lowest BCUT2D eigenvalue weighted by Crippen LogP contribution is -2.35. The van der Waals surface area contributed by atoms with Crippen molar-refractivity contribution in [2.45, 2.75) is 32.8 Å². The number of carbonyl (C=O) groups excluding carboxylic acids is 3. The van der Waals surface area contributed by atoms with Gasteiger partial charge in [0.05, 0.1) is 12.0 Å². The molecule has 0 radical (unpaired) electrons. The Balaban J connectivity index is 1.91. The highest BCUT2D eigenvalue weighted by Crippen LogP contribution is 2.31. The second kappa shape index (κ2) is 6.44. The zero-order valence-corrected chi connectivity index (χ0v) is 12.7. The maximum absolute atomic E-state index is 13.5. The van der Waals surface area contributed by atoms with Gasteiger partial charge in [0.15, 0.2) is 5.78 Å². The lowest BCUT2D eigenvalue weighted by atomic mass is 9.90. The van der Waals surface area contributed by atoms with Gasteiger partial charge in [-0.05, 0) is 12.1 Å². The molecule has 1 saturated heterocycles.